The molecule has 0 spiro atoms. The number of fused-ring (bicyclic) bond motifs is 1. The summed E-state index contributed by atoms with van der Waals surface area (Å²) in [6.07, 6.45) is 3.36. The third-order valence-corrected chi connectivity index (χ3v) is 3.97. The predicted molar refractivity (Wildman–Crippen MR) is 83.6 cm³/mol. The van der Waals surface area contributed by atoms with E-state index < -0.39 is 0 Å². The van der Waals surface area contributed by atoms with Crippen LogP contribution in [-0.2, 0) is 20.6 Å². The molecule has 0 saturated heterocycles. The van der Waals surface area contributed by atoms with Crippen LogP contribution in [0.2, 0.25) is 0 Å². The summed E-state index contributed by atoms with van der Waals surface area (Å²) in [6, 6.07) is 8.95. The van der Waals surface area contributed by atoms with Gasteiger partial charge in [0.2, 0.25) is 0 Å². The molecule has 118 valence electrons. The minimum Gasteiger partial charge on any atom is -0.382 e. The van der Waals surface area contributed by atoms with Gasteiger partial charge in [-0.2, -0.15) is 0 Å². The van der Waals surface area contributed by atoms with Crippen molar-refractivity contribution in [2.24, 2.45) is 0 Å². The van der Waals surface area contributed by atoms with Gasteiger partial charge in [0.05, 0.1) is 25.4 Å². The van der Waals surface area contributed by atoms with Crippen molar-refractivity contribution in [1.29, 1.82) is 0 Å². The highest BCUT2D eigenvalue weighted by atomic mass is 16.5. The van der Waals surface area contributed by atoms with Gasteiger partial charge in [-0.1, -0.05) is 24.3 Å². The zero-order valence-electron chi connectivity index (χ0n) is 13.1. The summed E-state index contributed by atoms with van der Waals surface area (Å²) < 4.78 is 16.5. The first-order valence-corrected chi connectivity index (χ1v) is 7.80. The van der Waals surface area contributed by atoms with Gasteiger partial charge >= 0.3 is 0 Å². The van der Waals surface area contributed by atoms with Crippen LogP contribution in [0, 0.1) is 0 Å². The minimum atomic E-state index is 0.254. The van der Waals surface area contributed by atoms with Gasteiger partial charge in [0.1, 0.15) is 0 Å². The molecule has 1 aliphatic carbocycles. The molecule has 0 bridgehead atoms. The fraction of sp³-hybridized carbons (Fsp3) is 0.647. The highest BCUT2D eigenvalue weighted by molar-refractivity contribution is 5.33. The molecule has 2 rings (SSSR count). The lowest BCUT2D eigenvalue weighted by atomic mass is 9.85. The van der Waals surface area contributed by atoms with Crippen molar-refractivity contribution in [3.05, 3.63) is 35.4 Å². The van der Waals surface area contributed by atoms with Crippen LogP contribution in [0.1, 0.15) is 30.0 Å². The lowest BCUT2D eigenvalue weighted by molar-refractivity contribution is 0.000442. The largest absolute Gasteiger partial charge is 0.382 e. The number of methoxy groups -OCH3 is 1. The van der Waals surface area contributed by atoms with Crippen LogP contribution in [-0.4, -0.2) is 46.7 Å². The quantitative estimate of drug-likeness (QED) is 0.709. The topological polar surface area (TPSA) is 39.7 Å². The number of nitrogens with one attached hydrogen (secondary N) is 1. The van der Waals surface area contributed by atoms with E-state index in [2.05, 4.69) is 29.6 Å². The minimum absolute atomic E-state index is 0.254. The van der Waals surface area contributed by atoms with Crippen LogP contribution < -0.4 is 5.32 Å². The fourth-order valence-electron chi connectivity index (χ4n) is 2.89. The maximum Gasteiger partial charge on any atom is 0.0772 e. The average molecular weight is 293 g/mol. The molecule has 21 heavy (non-hydrogen) atoms. The Labute approximate surface area is 127 Å². The third-order valence-electron chi connectivity index (χ3n) is 3.97. The van der Waals surface area contributed by atoms with E-state index >= 15 is 0 Å². The summed E-state index contributed by atoms with van der Waals surface area (Å²) in [5.41, 5.74) is 2.83. The molecule has 0 saturated carbocycles. The van der Waals surface area contributed by atoms with Crippen molar-refractivity contribution in [1.82, 2.24) is 5.32 Å². The molecular weight excluding hydrogens is 266 g/mol. The van der Waals surface area contributed by atoms with E-state index in [1.54, 1.807) is 7.11 Å². The first-order chi connectivity index (χ1) is 10.4. The molecule has 4 nitrogen and oxygen atoms in total. The Hall–Kier alpha value is -0.940. The second-order valence-corrected chi connectivity index (χ2v) is 5.37. The number of rotatable bonds is 9. The third kappa shape index (κ3) is 4.78. The van der Waals surface area contributed by atoms with Gasteiger partial charge < -0.3 is 19.5 Å². The van der Waals surface area contributed by atoms with Crippen LogP contribution in [0.3, 0.4) is 0 Å². The summed E-state index contributed by atoms with van der Waals surface area (Å²) in [5.74, 6) is 0. The maximum absolute atomic E-state index is 6.08. The Morgan fingerprint density at radius 1 is 1.14 bits per heavy atom. The number of hydrogen-bond donors (Lipinski definition) is 1. The smallest absolute Gasteiger partial charge is 0.0772 e. The zero-order chi connectivity index (χ0) is 14.9. The van der Waals surface area contributed by atoms with E-state index in [0.29, 0.717) is 19.3 Å². The maximum atomic E-state index is 6.08. The molecule has 1 aromatic rings. The van der Waals surface area contributed by atoms with Gasteiger partial charge in [-0.25, -0.2) is 0 Å². The summed E-state index contributed by atoms with van der Waals surface area (Å²) in [4.78, 5) is 0. The average Bonchev–Trinajstić information content (AvgIpc) is 2.53. The van der Waals surface area contributed by atoms with Crippen LogP contribution >= 0.6 is 0 Å². The Bertz CT molecular complexity index is 411. The van der Waals surface area contributed by atoms with Gasteiger partial charge in [-0.15, -0.1) is 0 Å². The molecule has 2 unspecified atom stereocenters. The first kappa shape index (κ1) is 16.4. The molecule has 0 amide bonds. The molecule has 1 aliphatic rings. The number of benzene rings is 1. The Morgan fingerprint density at radius 2 is 2.00 bits per heavy atom. The second kappa shape index (κ2) is 9.15. The Morgan fingerprint density at radius 3 is 2.81 bits per heavy atom. The Balaban J connectivity index is 1.74. The molecule has 0 heterocycles. The molecule has 1 N–H and O–H groups in total. The van der Waals surface area contributed by atoms with Gasteiger partial charge in [0, 0.05) is 20.3 Å². The molecule has 0 aliphatic heterocycles. The molecule has 0 radical (unpaired) electrons. The van der Waals surface area contributed by atoms with Crippen LogP contribution in [0.4, 0.5) is 0 Å². The monoisotopic (exact) mass is 293 g/mol. The normalized spacial score (nSPS) is 21.2. The van der Waals surface area contributed by atoms with E-state index in [1.807, 2.05) is 7.05 Å². The molecule has 1 aromatic carbocycles. The van der Waals surface area contributed by atoms with Crippen molar-refractivity contribution >= 4 is 0 Å². The van der Waals surface area contributed by atoms with E-state index in [9.17, 15) is 0 Å². The van der Waals surface area contributed by atoms with Crippen LogP contribution in [0.25, 0.3) is 0 Å². The van der Waals surface area contributed by atoms with E-state index in [-0.39, 0.29) is 6.10 Å². The van der Waals surface area contributed by atoms with Crippen LogP contribution in [0.5, 0.6) is 0 Å². The fourth-order valence-corrected chi connectivity index (χ4v) is 2.89. The summed E-state index contributed by atoms with van der Waals surface area (Å²) in [6.45, 7) is 2.80. The Kier molecular flexibility index (Phi) is 7.16. The van der Waals surface area contributed by atoms with Crippen molar-refractivity contribution in [3.63, 3.8) is 0 Å². The first-order valence-electron chi connectivity index (χ1n) is 7.80. The number of ether oxygens (including phenoxy) is 3. The molecular formula is C17H27NO3. The van der Waals surface area contributed by atoms with Gasteiger partial charge in [0.15, 0.2) is 0 Å². The van der Waals surface area contributed by atoms with Gasteiger partial charge in [0.25, 0.3) is 0 Å². The van der Waals surface area contributed by atoms with E-state index in [1.165, 1.54) is 11.1 Å². The highest BCUT2D eigenvalue weighted by Gasteiger charge is 2.28. The van der Waals surface area contributed by atoms with Crippen molar-refractivity contribution in [2.75, 3.05) is 40.6 Å². The second-order valence-electron chi connectivity index (χ2n) is 5.37. The van der Waals surface area contributed by atoms with Gasteiger partial charge in [-0.3, -0.25) is 0 Å². The van der Waals surface area contributed by atoms with Crippen molar-refractivity contribution in [2.45, 2.75) is 31.4 Å². The number of aryl methyl sites for hydroxylation is 1. The lowest BCUT2D eigenvalue weighted by Gasteiger charge is -2.33. The standard InChI is InChI=1S/C17H27NO3/c1-18-17-15-7-4-3-6-14(15)8-9-16(17)21-11-5-10-20-13-12-19-2/h3-4,6-7,16-18H,5,8-13H2,1-2H3. The van der Waals surface area contributed by atoms with E-state index in [4.69, 9.17) is 14.2 Å². The number of hydrogen-bond acceptors (Lipinski definition) is 4. The molecule has 0 aromatic heterocycles. The predicted octanol–water partition coefficient (Wildman–Crippen LogP) is 2.33. The van der Waals surface area contributed by atoms with Gasteiger partial charge in [-0.05, 0) is 37.4 Å². The van der Waals surface area contributed by atoms with Crippen molar-refractivity contribution < 1.29 is 14.2 Å². The zero-order valence-corrected chi connectivity index (χ0v) is 13.1. The SMILES string of the molecule is CNC1c2ccccc2CCC1OCCCOCCOC. The van der Waals surface area contributed by atoms with Crippen molar-refractivity contribution in [3.8, 4) is 0 Å². The lowest BCUT2D eigenvalue weighted by Crippen LogP contribution is -2.36. The molecule has 0 fully saturated rings. The summed E-state index contributed by atoms with van der Waals surface area (Å²) in [7, 11) is 3.70. The molecule has 4 heteroatoms. The summed E-state index contributed by atoms with van der Waals surface area (Å²) in [5, 5.41) is 3.41. The number of likely N-dealkylation sites (N-methyl/N-ethyl adjacent to an activating group) is 1. The summed E-state index contributed by atoms with van der Waals surface area (Å²) >= 11 is 0. The van der Waals surface area contributed by atoms with Crippen LogP contribution in [0.15, 0.2) is 24.3 Å². The highest BCUT2D eigenvalue weighted by Crippen LogP contribution is 2.31. The molecule has 2 atom stereocenters. The van der Waals surface area contributed by atoms with E-state index in [0.717, 1.165) is 32.5 Å².